The normalized spacial score (nSPS) is 10.7. The second kappa shape index (κ2) is 8.93. The van der Waals surface area contributed by atoms with Crippen molar-refractivity contribution < 1.29 is 9.18 Å². The highest BCUT2D eigenvalue weighted by Gasteiger charge is 2.03. The van der Waals surface area contributed by atoms with E-state index in [9.17, 15) is 9.18 Å². The van der Waals surface area contributed by atoms with Gasteiger partial charge in [-0.25, -0.2) is 4.39 Å². The Morgan fingerprint density at radius 2 is 2.11 bits per heavy atom. The van der Waals surface area contributed by atoms with Gasteiger partial charge in [-0.2, -0.15) is 11.8 Å². The van der Waals surface area contributed by atoms with Gasteiger partial charge in [0.25, 0.3) is 0 Å². The lowest BCUT2D eigenvalue weighted by molar-refractivity contribution is -0.120. The lowest BCUT2D eigenvalue weighted by Crippen LogP contribution is -2.31. The lowest BCUT2D eigenvalue weighted by atomic mass is 10.2. The molecule has 0 heterocycles. The standard InChI is InChI=1S/C14H21FN2OS/c1-17(2)9-8-16-14(18)7-10-19-11-12-5-3-4-6-13(12)15/h3-6H,7-11H2,1-2H3,(H,16,18). The van der Waals surface area contributed by atoms with Crippen molar-refractivity contribution in [1.82, 2.24) is 10.2 Å². The molecular weight excluding hydrogens is 263 g/mol. The lowest BCUT2D eigenvalue weighted by Gasteiger charge is -2.10. The molecule has 0 aliphatic rings. The molecule has 0 fully saturated rings. The molecule has 0 aliphatic carbocycles. The number of carbonyl (C=O) groups is 1. The SMILES string of the molecule is CN(C)CCNC(=O)CCSCc1ccccc1F. The molecule has 1 rings (SSSR count). The minimum Gasteiger partial charge on any atom is -0.355 e. The summed E-state index contributed by atoms with van der Waals surface area (Å²) in [6.07, 6.45) is 0.479. The summed E-state index contributed by atoms with van der Waals surface area (Å²) in [6, 6.07) is 6.75. The molecule has 0 saturated heterocycles. The van der Waals surface area contributed by atoms with Gasteiger partial charge in [-0.05, 0) is 25.7 Å². The van der Waals surface area contributed by atoms with E-state index >= 15 is 0 Å². The van der Waals surface area contributed by atoms with Crippen LogP contribution in [0.1, 0.15) is 12.0 Å². The highest BCUT2D eigenvalue weighted by Crippen LogP contribution is 2.15. The average Bonchev–Trinajstić information content (AvgIpc) is 2.36. The summed E-state index contributed by atoms with van der Waals surface area (Å²) in [5.41, 5.74) is 0.695. The van der Waals surface area contributed by atoms with Crippen molar-refractivity contribution in [3.05, 3.63) is 35.6 Å². The first kappa shape index (κ1) is 16.0. The Bertz CT molecular complexity index is 399. The van der Waals surface area contributed by atoms with Gasteiger partial charge in [0.15, 0.2) is 0 Å². The number of benzene rings is 1. The molecule has 0 unspecified atom stereocenters. The van der Waals surface area contributed by atoms with Gasteiger partial charge < -0.3 is 10.2 Å². The molecule has 3 nitrogen and oxygen atoms in total. The highest BCUT2D eigenvalue weighted by molar-refractivity contribution is 7.98. The number of hydrogen-bond acceptors (Lipinski definition) is 3. The van der Waals surface area contributed by atoms with Gasteiger partial charge in [0, 0.05) is 31.0 Å². The third kappa shape index (κ3) is 7.18. The van der Waals surface area contributed by atoms with Gasteiger partial charge in [0.1, 0.15) is 5.82 Å². The van der Waals surface area contributed by atoms with Gasteiger partial charge in [-0.15, -0.1) is 0 Å². The van der Waals surface area contributed by atoms with Crippen LogP contribution in [0.15, 0.2) is 24.3 Å². The van der Waals surface area contributed by atoms with E-state index in [2.05, 4.69) is 5.32 Å². The van der Waals surface area contributed by atoms with E-state index < -0.39 is 0 Å². The van der Waals surface area contributed by atoms with Crippen LogP contribution in [0.3, 0.4) is 0 Å². The molecule has 0 radical (unpaired) electrons. The van der Waals surface area contributed by atoms with Crippen LogP contribution in [0.2, 0.25) is 0 Å². The first-order valence-electron chi connectivity index (χ1n) is 6.32. The smallest absolute Gasteiger partial charge is 0.220 e. The molecule has 1 N–H and O–H groups in total. The van der Waals surface area contributed by atoms with Crippen molar-refractivity contribution in [2.75, 3.05) is 32.9 Å². The minimum atomic E-state index is -0.176. The number of halogens is 1. The Kier molecular flexibility index (Phi) is 7.52. The quantitative estimate of drug-likeness (QED) is 0.742. The molecule has 1 aromatic carbocycles. The number of likely N-dealkylation sites (N-methyl/N-ethyl adjacent to an activating group) is 1. The fourth-order valence-corrected chi connectivity index (χ4v) is 2.40. The molecule has 0 bridgehead atoms. The topological polar surface area (TPSA) is 32.3 Å². The maximum absolute atomic E-state index is 13.3. The maximum atomic E-state index is 13.3. The van der Waals surface area contributed by atoms with Gasteiger partial charge in [0.05, 0.1) is 0 Å². The molecule has 106 valence electrons. The number of amides is 1. The second-order valence-electron chi connectivity index (χ2n) is 4.55. The first-order chi connectivity index (χ1) is 9.09. The van der Waals surface area contributed by atoms with Crippen LogP contribution in [-0.4, -0.2) is 43.7 Å². The molecule has 0 aliphatic heterocycles. The molecule has 5 heteroatoms. The van der Waals surface area contributed by atoms with E-state index in [1.54, 1.807) is 23.9 Å². The van der Waals surface area contributed by atoms with Crippen molar-refractivity contribution in [2.45, 2.75) is 12.2 Å². The number of thioether (sulfide) groups is 1. The zero-order valence-electron chi connectivity index (χ0n) is 11.5. The zero-order chi connectivity index (χ0) is 14.1. The van der Waals surface area contributed by atoms with Crippen molar-refractivity contribution in [1.29, 1.82) is 0 Å². The minimum absolute atomic E-state index is 0.0582. The van der Waals surface area contributed by atoms with Gasteiger partial charge >= 0.3 is 0 Å². The van der Waals surface area contributed by atoms with Crippen LogP contribution in [0.5, 0.6) is 0 Å². The first-order valence-corrected chi connectivity index (χ1v) is 7.47. The van der Waals surface area contributed by atoms with E-state index in [0.29, 0.717) is 30.0 Å². The number of carbonyl (C=O) groups excluding carboxylic acids is 1. The Morgan fingerprint density at radius 3 is 2.79 bits per heavy atom. The van der Waals surface area contributed by atoms with Crippen molar-refractivity contribution in [3.8, 4) is 0 Å². The summed E-state index contributed by atoms with van der Waals surface area (Å²) in [6.45, 7) is 1.51. The van der Waals surface area contributed by atoms with Crippen LogP contribution in [0.25, 0.3) is 0 Å². The number of nitrogens with zero attached hydrogens (tertiary/aromatic N) is 1. The third-order valence-electron chi connectivity index (χ3n) is 2.57. The van der Waals surface area contributed by atoms with E-state index in [0.717, 1.165) is 6.54 Å². The molecule has 0 aromatic heterocycles. The second-order valence-corrected chi connectivity index (χ2v) is 5.65. The molecular formula is C14H21FN2OS. The summed E-state index contributed by atoms with van der Waals surface area (Å²) in [5, 5.41) is 2.86. The van der Waals surface area contributed by atoms with Gasteiger partial charge in [-0.3, -0.25) is 4.79 Å². The Morgan fingerprint density at radius 1 is 1.37 bits per heavy atom. The van der Waals surface area contributed by atoms with Crippen LogP contribution >= 0.6 is 11.8 Å². The predicted molar refractivity (Wildman–Crippen MR) is 78.7 cm³/mol. The Labute approximate surface area is 118 Å². The number of hydrogen-bond donors (Lipinski definition) is 1. The maximum Gasteiger partial charge on any atom is 0.220 e. The summed E-state index contributed by atoms with van der Waals surface area (Å²) in [5.74, 6) is 1.20. The van der Waals surface area contributed by atoms with Crippen LogP contribution in [0, 0.1) is 5.82 Å². The van der Waals surface area contributed by atoms with E-state index in [4.69, 9.17) is 0 Å². The molecule has 1 amide bonds. The van der Waals surface area contributed by atoms with E-state index in [-0.39, 0.29) is 11.7 Å². The van der Waals surface area contributed by atoms with Crippen LogP contribution in [-0.2, 0) is 10.5 Å². The number of nitrogens with one attached hydrogen (secondary N) is 1. The fraction of sp³-hybridized carbons (Fsp3) is 0.500. The average molecular weight is 284 g/mol. The largest absolute Gasteiger partial charge is 0.355 e. The Balaban J connectivity index is 2.10. The summed E-state index contributed by atoms with van der Waals surface area (Å²) < 4.78 is 13.3. The molecule has 0 spiro atoms. The van der Waals surface area contributed by atoms with Crippen LogP contribution in [0.4, 0.5) is 4.39 Å². The number of rotatable bonds is 8. The third-order valence-corrected chi connectivity index (χ3v) is 3.58. The van der Waals surface area contributed by atoms with Crippen molar-refractivity contribution >= 4 is 17.7 Å². The summed E-state index contributed by atoms with van der Waals surface area (Å²) >= 11 is 1.58. The predicted octanol–water partition coefficient (Wildman–Crippen LogP) is 2.13. The summed E-state index contributed by atoms with van der Waals surface area (Å²) in [4.78, 5) is 13.5. The molecule has 0 atom stereocenters. The van der Waals surface area contributed by atoms with Crippen molar-refractivity contribution in [3.63, 3.8) is 0 Å². The van der Waals surface area contributed by atoms with Crippen molar-refractivity contribution in [2.24, 2.45) is 0 Å². The summed E-state index contributed by atoms with van der Waals surface area (Å²) in [7, 11) is 3.94. The monoisotopic (exact) mass is 284 g/mol. The molecule has 1 aromatic rings. The zero-order valence-corrected chi connectivity index (χ0v) is 12.3. The van der Waals surface area contributed by atoms with E-state index in [1.807, 2.05) is 25.1 Å². The fourth-order valence-electron chi connectivity index (χ4n) is 1.47. The molecule has 19 heavy (non-hydrogen) atoms. The van der Waals surface area contributed by atoms with Gasteiger partial charge in [0.2, 0.25) is 5.91 Å². The molecule has 0 saturated carbocycles. The Hall–Kier alpha value is -1.07. The van der Waals surface area contributed by atoms with Gasteiger partial charge in [-0.1, -0.05) is 18.2 Å². The van der Waals surface area contributed by atoms with Crippen LogP contribution < -0.4 is 5.32 Å². The van der Waals surface area contributed by atoms with E-state index in [1.165, 1.54) is 6.07 Å². The highest BCUT2D eigenvalue weighted by atomic mass is 32.2.